The molecule has 0 aliphatic rings. The number of rotatable bonds is 4. The van der Waals surface area contributed by atoms with Crippen molar-refractivity contribution in [3.63, 3.8) is 0 Å². The monoisotopic (exact) mass is 251 g/mol. The van der Waals surface area contributed by atoms with Crippen LogP contribution in [0.25, 0.3) is 10.4 Å². The van der Waals surface area contributed by atoms with Crippen LogP contribution in [0.5, 0.6) is 0 Å². The molecule has 1 N–H and O–H groups in total. The molecule has 5 heteroatoms. The minimum Gasteiger partial charge on any atom is -0.481 e. The molecule has 0 saturated heterocycles. The van der Waals surface area contributed by atoms with Gasteiger partial charge in [-0.2, -0.15) is 0 Å². The van der Waals surface area contributed by atoms with Crippen molar-refractivity contribution in [2.75, 3.05) is 0 Å². The van der Waals surface area contributed by atoms with E-state index in [-0.39, 0.29) is 12.2 Å². The summed E-state index contributed by atoms with van der Waals surface area (Å²) in [6, 6.07) is 6.12. The lowest BCUT2D eigenvalue weighted by Gasteiger charge is -2.01. The molecule has 1 aromatic carbocycles. The molecule has 0 aliphatic heterocycles. The Morgan fingerprint density at radius 2 is 2.06 bits per heavy atom. The van der Waals surface area contributed by atoms with Crippen molar-refractivity contribution in [2.45, 2.75) is 12.8 Å². The van der Waals surface area contributed by atoms with Crippen molar-refractivity contribution >= 4 is 17.3 Å². The lowest BCUT2D eigenvalue weighted by Crippen LogP contribution is -1.98. The van der Waals surface area contributed by atoms with Gasteiger partial charge in [-0.15, -0.1) is 11.3 Å². The Bertz CT molecular complexity index is 522. The fourth-order valence-corrected chi connectivity index (χ4v) is 2.36. The van der Waals surface area contributed by atoms with E-state index in [9.17, 15) is 9.18 Å². The number of aryl methyl sites for hydroxylation is 1. The highest BCUT2D eigenvalue weighted by Crippen LogP contribution is 2.28. The van der Waals surface area contributed by atoms with E-state index in [1.54, 1.807) is 17.6 Å². The summed E-state index contributed by atoms with van der Waals surface area (Å²) in [4.78, 5) is 15.6. The number of thiazole rings is 1. The third-order valence-electron chi connectivity index (χ3n) is 2.32. The van der Waals surface area contributed by atoms with E-state index in [2.05, 4.69) is 4.98 Å². The first-order valence-electron chi connectivity index (χ1n) is 5.07. The Kier molecular flexibility index (Phi) is 3.49. The average molecular weight is 251 g/mol. The van der Waals surface area contributed by atoms with Gasteiger partial charge in [-0.3, -0.25) is 4.79 Å². The second-order valence-corrected chi connectivity index (χ2v) is 4.38. The van der Waals surface area contributed by atoms with Gasteiger partial charge in [0.05, 0.1) is 22.5 Å². The topological polar surface area (TPSA) is 50.2 Å². The normalized spacial score (nSPS) is 10.4. The number of carboxylic acids is 1. The molecule has 1 aromatic heterocycles. The van der Waals surface area contributed by atoms with Crippen LogP contribution in [0.3, 0.4) is 0 Å². The Labute approximate surface area is 102 Å². The highest BCUT2D eigenvalue weighted by molar-refractivity contribution is 7.13. The standard InChI is InChI=1S/C12H10FNO2S/c13-9-3-1-8(2-4-9)12-10(14-7-17-12)5-6-11(15)16/h1-4,7H,5-6H2,(H,15,16). The molecule has 0 amide bonds. The van der Waals surface area contributed by atoms with Gasteiger partial charge < -0.3 is 5.11 Å². The van der Waals surface area contributed by atoms with Gasteiger partial charge in [0.15, 0.2) is 0 Å². The molecule has 17 heavy (non-hydrogen) atoms. The molecule has 0 saturated carbocycles. The second-order valence-electron chi connectivity index (χ2n) is 3.53. The van der Waals surface area contributed by atoms with Crippen molar-refractivity contribution < 1.29 is 14.3 Å². The van der Waals surface area contributed by atoms with Gasteiger partial charge in [-0.1, -0.05) is 12.1 Å². The molecule has 0 spiro atoms. The Morgan fingerprint density at radius 1 is 1.35 bits per heavy atom. The van der Waals surface area contributed by atoms with Crippen LogP contribution in [0.15, 0.2) is 29.8 Å². The SMILES string of the molecule is O=C(O)CCc1ncsc1-c1ccc(F)cc1. The van der Waals surface area contributed by atoms with E-state index in [1.165, 1.54) is 23.5 Å². The molecule has 2 aromatic rings. The van der Waals surface area contributed by atoms with E-state index >= 15 is 0 Å². The number of benzene rings is 1. The molecule has 0 unspecified atom stereocenters. The summed E-state index contributed by atoms with van der Waals surface area (Å²) in [6.07, 6.45) is 0.448. The van der Waals surface area contributed by atoms with Gasteiger partial charge in [0.1, 0.15) is 5.82 Å². The molecule has 3 nitrogen and oxygen atoms in total. The molecule has 0 bridgehead atoms. The number of aliphatic carboxylic acids is 1. The summed E-state index contributed by atoms with van der Waals surface area (Å²) in [5, 5.41) is 8.64. The van der Waals surface area contributed by atoms with Crippen molar-refractivity contribution in [3.8, 4) is 10.4 Å². The molecular weight excluding hydrogens is 241 g/mol. The molecule has 0 fully saturated rings. The average Bonchev–Trinajstić information content (AvgIpc) is 2.75. The summed E-state index contributed by atoms with van der Waals surface area (Å²) in [5.41, 5.74) is 3.30. The van der Waals surface area contributed by atoms with Crippen LogP contribution >= 0.6 is 11.3 Å². The van der Waals surface area contributed by atoms with Gasteiger partial charge in [-0.05, 0) is 17.7 Å². The quantitative estimate of drug-likeness (QED) is 0.908. The van der Waals surface area contributed by atoms with Crippen LogP contribution in [-0.2, 0) is 11.2 Å². The number of hydrogen-bond donors (Lipinski definition) is 1. The lowest BCUT2D eigenvalue weighted by molar-refractivity contribution is -0.136. The zero-order valence-corrected chi connectivity index (χ0v) is 9.71. The van der Waals surface area contributed by atoms with Crippen LogP contribution in [-0.4, -0.2) is 16.1 Å². The molecule has 0 radical (unpaired) electrons. The van der Waals surface area contributed by atoms with Gasteiger partial charge in [0.2, 0.25) is 0 Å². The van der Waals surface area contributed by atoms with Gasteiger partial charge >= 0.3 is 5.97 Å². The van der Waals surface area contributed by atoms with E-state index in [4.69, 9.17) is 5.11 Å². The smallest absolute Gasteiger partial charge is 0.303 e. The van der Waals surface area contributed by atoms with Crippen molar-refractivity contribution in [3.05, 3.63) is 41.3 Å². The van der Waals surface area contributed by atoms with Crippen LogP contribution < -0.4 is 0 Å². The van der Waals surface area contributed by atoms with Crippen LogP contribution in [0.4, 0.5) is 4.39 Å². The van der Waals surface area contributed by atoms with Crippen LogP contribution in [0, 0.1) is 5.82 Å². The lowest BCUT2D eigenvalue weighted by atomic mass is 10.1. The molecule has 0 atom stereocenters. The number of carbonyl (C=O) groups is 1. The number of hydrogen-bond acceptors (Lipinski definition) is 3. The van der Waals surface area contributed by atoms with Gasteiger partial charge in [-0.25, -0.2) is 9.37 Å². The predicted molar refractivity (Wildman–Crippen MR) is 63.5 cm³/mol. The number of carboxylic acid groups (broad SMARTS) is 1. The summed E-state index contributed by atoms with van der Waals surface area (Å²) >= 11 is 1.43. The maximum atomic E-state index is 12.8. The zero-order chi connectivity index (χ0) is 12.3. The largest absolute Gasteiger partial charge is 0.481 e. The number of halogens is 1. The first kappa shape index (κ1) is 11.7. The third kappa shape index (κ3) is 2.88. The summed E-state index contributed by atoms with van der Waals surface area (Å²) in [7, 11) is 0. The summed E-state index contributed by atoms with van der Waals surface area (Å²) < 4.78 is 12.8. The molecule has 0 aliphatic carbocycles. The molecule has 2 rings (SSSR count). The van der Waals surface area contributed by atoms with Gasteiger partial charge in [0.25, 0.3) is 0 Å². The Morgan fingerprint density at radius 3 is 2.71 bits per heavy atom. The molecular formula is C12H10FNO2S. The predicted octanol–water partition coefficient (Wildman–Crippen LogP) is 2.97. The fraction of sp³-hybridized carbons (Fsp3) is 0.167. The van der Waals surface area contributed by atoms with Gasteiger partial charge in [0, 0.05) is 6.42 Å². The Balaban J connectivity index is 2.24. The maximum absolute atomic E-state index is 12.8. The van der Waals surface area contributed by atoms with Crippen molar-refractivity contribution in [1.82, 2.24) is 4.98 Å². The highest BCUT2D eigenvalue weighted by atomic mass is 32.1. The zero-order valence-electron chi connectivity index (χ0n) is 8.89. The second kappa shape index (κ2) is 5.05. The van der Waals surface area contributed by atoms with E-state index < -0.39 is 5.97 Å². The maximum Gasteiger partial charge on any atom is 0.303 e. The fourth-order valence-electron chi connectivity index (χ4n) is 1.51. The van der Waals surface area contributed by atoms with E-state index in [0.29, 0.717) is 6.42 Å². The molecule has 88 valence electrons. The minimum atomic E-state index is -0.844. The van der Waals surface area contributed by atoms with E-state index in [1.807, 2.05) is 0 Å². The first-order valence-corrected chi connectivity index (χ1v) is 5.95. The Hall–Kier alpha value is -1.75. The first-order chi connectivity index (χ1) is 8.16. The highest BCUT2D eigenvalue weighted by Gasteiger charge is 2.10. The summed E-state index contributed by atoms with van der Waals surface area (Å²) in [6.45, 7) is 0. The van der Waals surface area contributed by atoms with Crippen molar-refractivity contribution in [1.29, 1.82) is 0 Å². The molecule has 1 heterocycles. The van der Waals surface area contributed by atoms with Crippen molar-refractivity contribution in [2.24, 2.45) is 0 Å². The van der Waals surface area contributed by atoms with E-state index in [0.717, 1.165) is 16.1 Å². The number of nitrogens with zero attached hydrogens (tertiary/aromatic N) is 1. The number of aromatic nitrogens is 1. The third-order valence-corrected chi connectivity index (χ3v) is 3.24. The minimum absolute atomic E-state index is 0.0535. The summed E-state index contributed by atoms with van der Waals surface area (Å²) in [5.74, 6) is -1.13. The van der Waals surface area contributed by atoms with Crippen LogP contribution in [0.2, 0.25) is 0 Å². The van der Waals surface area contributed by atoms with Crippen LogP contribution in [0.1, 0.15) is 12.1 Å².